The fourth-order valence-corrected chi connectivity index (χ4v) is 3.07. The first-order valence-corrected chi connectivity index (χ1v) is 7.40. The number of rotatable bonds is 1. The number of ether oxygens (including phenoxy) is 3. The fraction of sp³-hybridized carbons (Fsp3) is 0.235. The first kappa shape index (κ1) is 13.5. The van der Waals surface area contributed by atoms with Crippen LogP contribution in [0.15, 0.2) is 30.3 Å². The van der Waals surface area contributed by atoms with Crippen molar-refractivity contribution in [2.24, 2.45) is 0 Å². The second-order valence-electron chi connectivity index (χ2n) is 5.48. The SMILES string of the molecule is Cc1cc2c(cc1Cl)[C@H](c1ccc3c(c1)OCO3)CC(=O)O2. The second-order valence-corrected chi connectivity index (χ2v) is 5.89. The minimum absolute atomic E-state index is 0.0937. The number of hydrogen-bond acceptors (Lipinski definition) is 4. The third-order valence-electron chi connectivity index (χ3n) is 4.06. The van der Waals surface area contributed by atoms with Crippen LogP contribution in [0.4, 0.5) is 0 Å². The van der Waals surface area contributed by atoms with E-state index in [1.165, 1.54) is 0 Å². The van der Waals surface area contributed by atoms with Gasteiger partial charge in [-0.05, 0) is 42.3 Å². The highest BCUT2D eigenvalue weighted by atomic mass is 35.5. The number of carbonyl (C=O) groups excluding carboxylic acids is 1. The molecule has 2 aliphatic heterocycles. The molecule has 2 heterocycles. The third-order valence-corrected chi connectivity index (χ3v) is 4.47. The molecule has 1 atom stereocenters. The molecule has 2 aromatic rings. The molecule has 4 nitrogen and oxygen atoms in total. The number of aryl methyl sites for hydroxylation is 1. The van der Waals surface area contributed by atoms with E-state index in [2.05, 4.69) is 0 Å². The van der Waals surface area contributed by atoms with E-state index in [0.29, 0.717) is 16.5 Å². The lowest BCUT2D eigenvalue weighted by molar-refractivity contribution is -0.135. The number of fused-ring (bicyclic) bond motifs is 2. The van der Waals surface area contributed by atoms with E-state index in [1.54, 1.807) is 0 Å². The Labute approximate surface area is 132 Å². The highest BCUT2D eigenvalue weighted by Gasteiger charge is 2.30. The number of hydrogen-bond donors (Lipinski definition) is 0. The maximum absolute atomic E-state index is 11.9. The minimum atomic E-state index is -0.239. The van der Waals surface area contributed by atoms with Crippen molar-refractivity contribution < 1.29 is 19.0 Å². The van der Waals surface area contributed by atoms with E-state index < -0.39 is 0 Å². The average Bonchev–Trinajstić information content (AvgIpc) is 2.95. The van der Waals surface area contributed by atoms with Crippen LogP contribution in [0.25, 0.3) is 0 Å². The number of benzene rings is 2. The highest BCUT2D eigenvalue weighted by molar-refractivity contribution is 6.31. The molecule has 112 valence electrons. The molecule has 5 heteroatoms. The van der Waals surface area contributed by atoms with Gasteiger partial charge in [-0.15, -0.1) is 0 Å². The molecule has 0 spiro atoms. The lowest BCUT2D eigenvalue weighted by atomic mass is 9.86. The molecule has 0 radical (unpaired) electrons. The largest absolute Gasteiger partial charge is 0.454 e. The van der Waals surface area contributed by atoms with Crippen molar-refractivity contribution in [2.75, 3.05) is 6.79 Å². The molecule has 0 saturated carbocycles. The zero-order chi connectivity index (χ0) is 15.3. The Hall–Kier alpha value is -2.20. The van der Waals surface area contributed by atoms with Gasteiger partial charge in [0.1, 0.15) is 5.75 Å². The van der Waals surface area contributed by atoms with Crippen LogP contribution < -0.4 is 14.2 Å². The van der Waals surface area contributed by atoms with E-state index in [4.69, 9.17) is 25.8 Å². The molecule has 0 aromatic heterocycles. The van der Waals surface area contributed by atoms with Gasteiger partial charge >= 0.3 is 5.97 Å². The van der Waals surface area contributed by atoms with Gasteiger partial charge < -0.3 is 14.2 Å². The number of esters is 1. The molecule has 0 bridgehead atoms. The Bertz CT molecular complexity index is 784. The Balaban J connectivity index is 1.83. The summed E-state index contributed by atoms with van der Waals surface area (Å²) in [6.45, 7) is 2.12. The van der Waals surface area contributed by atoms with Crippen LogP contribution in [0.2, 0.25) is 5.02 Å². The average molecular weight is 317 g/mol. The molecular weight excluding hydrogens is 304 g/mol. The zero-order valence-corrected chi connectivity index (χ0v) is 12.6. The molecule has 0 saturated heterocycles. The van der Waals surface area contributed by atoms with Crippen LogP contribution in [0, 0.1) is 6.92 Å². The van der Waals surface area contributed by atoms with Crippen molar-refractivity contribution in [3.05, 3.63) is 52.0 Å². The Kier molecular flexibility index (Phi) is 3.01. The van der Waals surface area contributed by atoms with E-state index in [9.17, 15) is 4.79 Å². The van der Waals surface area contributed by atoms with Crippen molar-refractivity contribution in [1.29, 1.82) is 0 Å². The maximum atomic E-state index is 11.9. The molecule has 22 heavy (non-hydrogen) atoms. The van der Waals surface area contributed by atoms with Gasteiger partial charge in [0.15, 0.2) is 11.5 Å². The molecule has 0 unspecified atom stereocenters. The normalized spacial score (nSPS) is 18.8. The summed E-state index contributed by atoms with van der Waals surface area (Å²) in [5.74, 6) is 1.68. The van der Waals surface area contributed by atoms with E-state index in [1.807, 2.05) is 37.3 Å². The van der Waals surface area contributed by atoms with Crippen LogP contribution in [0.1, 0.15) is 29.0 Å². The van der Waals surface area contributed by atoms with E-state index in [-0.39, 0.29) is 25.1 Å². The minimum Gasteiger partial charge on any atom is -0.454 e. The van der Waals surface area contributed by atoms with Crippen molar-refractivity contribution in [3.8, 4) is 17.2 Å². The first-order valence-electron chi connectivity index (χ1n) is 7.02. The maximum Gasteiger partial charge on any atom is 0.312 e. The van der Waals surface area contributed by atoms with Gasteiger partial charge in [-0.1, -0.05) is 17.7 Å². The first-order chi connectivity index (χ1) is 10.6. The van der Waals surface area contributed by atoms with Gasteiger partial charge in [-0.25, -0.2) is 0 Å². The number of halogens is 1. The summed E-state index contributed by atoms with van der Waals surface area (Å²) in [7, 11) is 0. The van der Waals surface area contributed by atoms with E-state index >= 15 is 0 Å². The summed E-state index contributed by atoms with van der Waals surface area (Å²) in [6.07, 6.45) is 0.284. The fourth-order valence-electron chi connectivity index (χ4n) is 2.90. The van der Waals surface area contributed by atoms with Gasteiger partial charge in [0.05, 0.1) is 6.42 Å². The standard InChI is InChI=1S/C17H13ClO4/c1-9-4-15-12(6-13(9)18)11(7-17(19)22-15)10-2-3-14-16(5-10)21-8-20-14/h2-6,11H,7-8H2,1H3/t11-/m0/s1. The highest BCUT2D eigenvalue weighted by Crippen LogP contribution is 2.43. The predicted molar refractivity (Wildman–Crippen MR) is 80.8 cm³/mol. The zero-order valence-electron chi connectivity index (χ0n) is 11.9. The molecule has 4 rings (SSSR count). The van der Waals surface area contributed by atoms with Crippen LogP contribution >= 0.6 is 11.6 Å². The van der Waals surface area contributed by atoms with Crippen LogP contribution in [-0.2, 0) is 4.79 Å². The predicted octanol–water partition coefficient (Wildman–Crippen LogP) is 3.82. The summed E-state index contributed by atoms with van der Waals surface area (Å²) >= 11 is 6.24. The van der Waals surface area contributed by atoms with Crippen molar-refractivity contribution in [3.63, 3.8) is 0 Å². The lowest BCUT2D eigenvalue weighted by Crippen LogP contribution is -2.21. The van der Waals surface area contributed by atoms with Crippen LogP contribution in [-0.4, -0.2) is 12.8 Å². The molecule has 0 amide bonds. The Morgan fingerprint density at radius 3 is 2.77 bits per heavy atom. The second kappa shape index (κ2) is 4.92. The molecule has 2 aromatic carbocycles. The van der Waals surface area contributed by atoms with Crippen LogP contribution in [0.3, 0.4) is 0 Å². The lowest BCUT2D eigenvalue weighted by Gasteiger charge is -2.25. The smallest absolute Gasteiger partial charge is 0.312 e. The van der Waals surface area contributed by atoms with Gasteiger partial charge in [0.2, 0.25) is 6.79 Å². The van der Waals surface area contributed by atoms with E-state index in [0.717, 1.165) is 22.4 Å². The Morgan fingerprint density at radius 1 is 1.09 bits per heavy atom. The van der Waals surface area contributed by atoms with Gasteiger partial charge in [0.25, 0.3) is 0 Å². The van der Waals surface area contributed by atoms with Crippen LogP contribution in [0.5, 0.6) is 17.2 Å². The van der Waals surface area contributed by atoms with Gasteiger partial charge in [-0.3, -0.25) is 4.79 Å². The summed E-state index contributed by atoms with van der Waals surface area (Å²) in [6, 6.07) is 9.44. The Morgan fingerprint density at radius 2 is 1.91 bits per heavy atom. The molecule has 0 aliphatic carbocycles. The molecular formula is C17H13ClO4. The van der Waals surface area contributed by atoms with Crippen molar-refractivity contribution in [2.45, 2.75) is 19.3 Å². The summed E-state index contributed by atoms with van der Waals surface area (Å²) in [4.78, 5) is 11.9. The van der Waals surface area contributed by atoms with Crippen molar-refractivity contribution >= 4 is 17.6 Å². The van der Waals surface area contributed by atoms with Gasteiger partial charge in [0, 0.05) is 16.5 Å². The third kappa shape index (κ3) is 2.11. The number of carbonyl (C=O) groups is 1. The summed E-state index contributed by atoms with van der Waals surface area (Å²) < 4.78 is 16.1. The topological polar surface area (TPSA) is 44.8 Å². The summed E-state index contributed by atoms with van der Waals surface area (Å²) in [5, 5.41) is 0.669. The van der Waals surface area contributed by atoms with Crippen molar-refractivity contribution in [1.82, 2.24) is 0 Å². The summed E-state index contributed by atoms with van der Waals surface area (Å²) in [5.41, 5.74) is 2.80. The molecule has 0 fully saturated rings. The van der Waals surface area contributed by atoms with Gasteiger partial charge in [-0.2, -0.15) is 0 Å². The molecule has 0 N–H and O–H groups in total. The molecule has 2 aliphatic rings. The monoisotopic (exact) mass is 316 g/mol. The quantitative estimate of drug-likeness (QED) is 0.592.